The van der Waals surface area contributed by atoms with Gasteiger partial charge in [-0.1, -0.05) is 6.92 Å². The minimum Gasteiger partial charge on any atom is -0.396 e. The van der Waals surface area contributed by atoms with Gasteiger partial charge in [-0.3, -0.25) is 4.57 Å². The van der Waals surface area contributed by atoms with E-state index >= 15 is 0 Å². The molecule has 0 bridgehead atoms. The van der Waals surface area contributed by atoms with Crippen LogP contribution in [0.2, 0.25) is 0 Å². The van der Waals surface area contributed by atoms with Crippen LogP contribution < -0.4 is 0 Å². The number of thioether (sulfide) groups is 1. The SMILES string of the molecule is CCSC=CC#CO[PH2]=O. The predicted molar refractivity (Wildman–Crippen MR) is 46.5 cm³/mol. The first-order valence-corrected chi connectivity index (χ1v) is 4.77. The van der Waals surface area contributed by atoms with E-state index in [0.29, 0.717) is 0 Å². The fourth-order valence-corrected chi connectivity index (χ4v) is 0.743. The summed E-state index contributed by atoms with van der Waals surface area (Å²) in [6.07, 6.45) is 3.94. The van der Waals surface area contributed by atoms with Crippen molar-refractivity contribution in [3.05, 3.63) is 11.5 Å². The molecule has 4 heteroatoms. The summed E-state index contributed by atoms with van der Waals surface area (Å²) in [5.74, 6) is 3.60. The largest absolute Gasteiger partial charge is 0.396 e. The van der Waals surface area contributed by atoms with Crippen LogP contribution in [-0.2, 0) is 9.09 Å². The van der Waals surface area contributed by atoms with Crippen LogP contribution in [0.25, 0.3) is 0 Å². The van der Waals surface area contributed by atoms with Gasteiger partial charge in [0.05, 0.1) is 0 Å². The predicted octanol–water partition coefficient (Wildman–Crippen LogP) is 1.90. The maximum absolute atomic E-state index is 9.75. The van der Waals surface area contributed by atoms with Crippen LogP contribution in [0.15, 0.2) is 11.5 Å². The lowest BCUT2D eigenvalue weighted by molar-refractivity contribution is 0.506. The van der Waals surface area contributed by atoms with Crippen LogP contribution in [0.1, 0.15) is 6.92 Å². The van der Waals surface area contributed by atoms with Gasteiger partial charge in [-0.15, -0.1) is 11.8 Å². The number of rotatable bonds is 3. The van der Waals surface area contributed by atoms with Crippen molar-refractivity contribution >= 4 is 20.4 Å². The molecule has 0 rings (SSSR count). The van der Waals surface area contributed by atoms with Gasteiger partial charge in [0.25, 0.3) is 0 Å². The summed E-state index contributed by atoms with van der Waals surface area (Å²) in [6.45, 7) is 2.06. The Kier molecular flexibility index (Phi) is 8.40. The Morgan fingerprint density at radius 2 is 2.60 bits per heavy atom. The quantitative estimate of drug-likeness (QED) is 0.485. The van der Waals surface area contributed by atoms with Crippen molar-refractivity contribution in [1.82, 2.24) is 0 Å². The summed E-state index contributed by atoms with van der Waals surface area (Å²) >= 11 is 1.66. The molecule has 0 amide bonds. The molecule has 0 aromatic carbocycles. The van der Waals surface area contributed by atoms with Crippen LogP contribution >= 0.6 is 20.4 Å². The summed E-state index contributed by atoms with van der Waals surface area (Å²) in [4.78, 5) is 0. The second-order valence-corrected chi connectivity index (χ2v) is 2.83. The van der Waals surface area contributed by atoms with Gasteiger partial charge in [0, 0.05) is 0 Å². The number of hydrogen-bond acceptors (Lipinski definition) is 3. The first kappa shape index (κ1) is 9.68. The van der Waals surface area contributed by atoms with Crippen molar-refractivity contribution in [2.24, 2.45) is 0 Å². The van der Waals surface area contributed by atoms with Gasteiger partial charge in [0.15, 0.2) is 0 Å². The zero-order valence-corrected chi connectivity index (χ0v) is 7.64. The fraction of sp³-hybridized carbons (Fsp3) is 0.333. The Balaban J connectivity index is 3.33. The van der Waals surface area contributed by atoms with E-state index in [1.165, 1.54) is 0 Å². The number of hydrogen-bond donors (Lipinski definition) is 0. The molecular formula is C6H9O2PS. The Bertz CT molecular complexity index is 168. The van der Waals surface area contributed by atoms with E-state index in [1.807, 2.05) is 5.41 Å². The van der Waals surface area contributed by atoms with Gasteiger partial charge >= 0.3 is 0 Å². The second-order valence-electron chi connectivity index (χ2n) is 1.22. The molecule has 1 unspecified atom stereocenters. The molecule has 0 aromatic heterocycles. The van der Waals surface area contributed by atoms with Crippen molar-refractivity contribution in [1.29, 1.82) is 0 Å². The Labute approximate surface area is 66.3 Å². The lowest BCUT2D eigenvalue weighted by atomic mass is 10.7. The van der Waals surface area contributed by atoms with Gasteiger partial charge in [-0.2, -0.15) is 0 Å². The van der Waals surface area contributed by atoms with E-state index in [-0.39, 0.29) is 0 Å². The Hall–Kier alpha value is -0.320. The topological polar surface area (TPSA) is 26.3 Å². The normalized spacial score (nSPS) is 10.1. The summed E-state index contributed by atoms with van der Waals surface area (Å²) < 4.78 is 14.1. The summed E-state index contributed by atoms with van der Waals surface area (Å²) in [5.41, 5.74) is 0. The molecule has 0 aliphatic carbocycles. The highest BCUT2D eigenvalue weighted by molar-refractivity contribution is 8.02. The van der Waals surface area contributed by atoms with E-state index in [0.717, 1.165) is 5.75 Å². The summed E-state index contributed by atoms with van der Waals surface area (Å²) in [7, 11) is -1.19. The minimum absolute atomic E-state index is 1.03. The molecular weight excluding hydrogens is 167 g/mol. The van der Waals surface area contributed by atoms with Crippen molar-refractivity contribution in [2.45, 2.75) is 6.92 Å². The molecule has 2 nitrogen and oxygen atoms in total. The average molecular weight is 176 g/mol. The molecule has 56 valence electrons. The molecule has 0 aliphatic heterocycles. The van der Waals surface area contributed by atoms with Gasteiger partial charge < -0.3 is 4.52 Å². The lowest BCUT2D eigenvalue weighted by Gasteiger charge is -1.78. The third-order valence-electron chi connectivity index (χ3n) is 0.580. The van der Waals surface area contributed by atoms with Crippen LogP contribution in [0.5, 0.6) is 0 Å². The molecule has 0 aromatic rings. The minimum atomic E-state index is -1.19. The van der Waals surface area contributed by atoms with E-state index < -0.39 is 8.69 Å². The fourth-order valence-electron chi connectivity index (χ4n) is 0.270. The Morgan fingerprint density at radius 1 is 1.80 bits per heavy atom. The third-order valence-corrected chi connectivity index (χ3v) is 1.46. The first-order valence-electron chi connectivity index (χ1n) is 2.78. The molecule has 0 N–H and O–H groups in total. The lowest BCUT2D eigenvalue weighted by Crippen LogP contribution is -1.57. The van der Waals surface area contributed by atoms with Gasteiger partial charge in [0.1, 0.15) is 6.11 Å². The third kappa shape index (κ3) is 7.68. The Morgan fingerprint density at radius 3 is 3.20 bits per heavy atom. The van der Waals surface area contributed by atoms with Gasteiger partial charge in [-0.05, 0) is 23.2 Å². The molecule has 0 aliphatic rings. The molecule has 0 saturated heterocycles. The summed E-state index contributed by atoms with van der Waals surface area (Å²) in [6, 6.07) is 0. The van der Waals surface area contributed by atoms with Crippen molar-refractivity contribution in [3.63, 3.8) is 0 Å². The zero-order chi connectivity index (χ0) is 7.66. The first-order chi connectivity index (χ1) is 4.91. The highest BCUT2D eigenvalue weighted by atomic mass is 32.2. The monoisotopic (exact) mass is 176 g/mol. The van der Waals surface area contributed by atoms with Crippen molar-refractivity contribution < 1.29 is 9.09 Å². The molecule has 0 radical (unpaired) electrons. The standard InChI is InChI=1S/C6H9O2PS/c1-2-10-6-4-3-5-8-9-7/h4,6H,2,9H2,1H3. The van der Waals surface area contributed by atoms with Crippen molar-refractivity contribution in [3.8, 4) is 12.0 Å². The van der Waals surface area contributed by atoms with E-state index in [4.69, 9.17) is 0 Å². The maximum Gasteiger partial charge on any atom is 0.236 e. The van der Waals surface area contributed by atoms with Crippen molar-refractivity contribution in [2.75, 3.05) is 5.75 Å². The van der Waals surface area contributed by atoms with Gasteiger partial charge in [-0.25, -0.2) is 0 Å². The molecule has 0 saturated carbocycles. The average Bonchev–Trinajstić information content (AvgIpc) is 1.97. The molecule has 0 heterocycles. The highest BCUT2D eigenvalue weighted by Crippen LogP contribution is 1.98. The highest BCUT2D eigenvalue weighted by Gasteiger charge is 1.68. The van der Waals surface area contributed by atoms with Crippen LogP contribution in [-0.4, -0.2) is 5.75 Å². The molecule has 1 atom stereocenters. The molecule has 0 spiro atoms. The van der Waals surface area contributed by atoms with E-state index in [2.05, 4.69) is 23.5 Å². The molecule has 10 heavy (non-hydrogen) atoms. The van der Waals surface area contributed by atoms with Gasteiger partial charge in [0.2, 0.25) is 8.69 Å². The molecule has 0 fully saturated rings. The zero-order valence-electron chi connectivity index (χ0n) is 5.66. The second kappa shape index (κ2) is 8.68. The van der Waals surface area contributed by atoms with E-state index in [9.17, 15) is 4.57 Å². The van der Waals surface area contributed by atoms with Crippen LogP contribution in [0.3, 0.4) is 0 Å². The van der Waals surface area contributed by atoms with Crippen LogP contribution in [0.4, 0.5) is 0 Å². The summed E-state index contributed by atoms with van der Waals surface area (Å²) in [5, 5.41) is 1.87. The maximum atomic E-state index is 9.75. The van der Waals surface area contributed by atoms with Crippen LogP contribution in [0, 0.1) is 12.0 Å². The van der Waals surface area contributed by atoms with E-state index in [1.54, 1.807) is 17.8 Å². The smallest absolute Gasteiger partial charge is 0.236 e. The number of allylic oxidation sites excluding steroid dienone is 1.